The van der Waals surface area contributed by atoms with Gasteiger partial charge in [0, 0.05) is 12.1 Å². The molecule has 0 aliphatic rings. The fourth-order valence-electron chi connectivity index (χ4n) is 1.80. The molecule has 1 atom stereocenters. The molecule has 2 nitrogen and oxygen atoms in total. The van der Waals surface area contributed by atoms with Crippen LogP contribution in [-0.4, -0.2) is 11.6 Å². The second-order valence-corrected chi connectivity index (χ2v) is 6.94. The third kappa shape index (κ3) is 6.44. The first kappa shape index (κ1) is 16.5. The summed E-state index contributed by atoms with van der Waals surface area (Å²) in [6, 6.07) is 6.31. The van der Waals surface area contributed by atoms with Gasteiger partial charge in [-0.2, -0.15) is 0 Å². The second kappa shape index (κ2) is 7.30. The molecule has 0 amide bonds. The van der Waals surface area contributed by atoms with Crippen LogP contribution in [0, 0.1) is 0 Å². The quantitative estimate of drug-likeness (QED) is 0.801. The molecule has 0 heterocycles. The standard InChI is InChI=1S/C16H26BrNO/c1-6-7-12(2)19-15-9-8-13(10-14(15)17)11-18-16(3,4)5/h8-10,12,18H,6-7,11H2,1-5H3. The Morgan fingerprint density at radius 3 is 2.53 bits per heavy atom. The highest BCUT2D eigenvalue weighted by atomic mass is 79.9. The van der Waals surface area contributed by atoms with Crippen LogP contribution in [0.25, 0.3) is 0 Å². The summed E-state index contributed by atoms with van der Waals surface area (Å²) < 4.78 is 6.95. The summed E-state index contributed by atoms with van der Waals surface area (Å²) in [5.74, 6) is 0.931. The zero-order valence-corrected chi connectivity index (χ0v) is 14.3. The van der Waals surface area contributed by atoms with Gasteiger partial charge in [-0.1, -0.05) is 19.4 Å². The zero-order chi connectivity index (χ0) is 14.5. The van der Waals surface area contributed by atoms with Crippen molar-refractivity contribution in [1.29, 1.82) is 0 Å². The Labute approximate surface area is 126 Å². The highest BCUT2D eigenvalue weighted by Crippen LogP contribution is 2.27. The summed E-state index contributed by atoms with van der Waals surface area (Å²) >= 11 is 3.59. The van der Waals surface area contributed by atoms with Crippen molar-refractivity contribution in [2.75, 3.05) is 0 Å². The molecule has 19 heavy (non-hydrogen) atoms. The summed E-state index contributed by atoms with van der Waals surface area (Å²) in [5, 5.41) is 3.48. The number of rotatable bonds is 6. The van der Waals surface area contributed by atoms with E-state index in [2.05, 4.69) is 74.1 Å². The van der Waals surface area contributed by atoms with Crippen molar-refractivity contribution in [2.45, 2.75) is 65.6 Å². The van der Waals surface area contributed by atoms with Gasteiger partial charge in [0.1, 0.15) is 5.75 Å². The average Bonchev–Trinajstić information content (AvgIpc) is 2.29. The van der Waals surface area contributed by atoms with Crippen LogP contribution in [0.4, 0.5) is 0 Å². The van der Waals surface area contributed by atoms with E-state index in [1.165, 1.54) is 5.56 Å². The van der Waals surface area contributed by atoms with Crippen LogP contribution in [0.15, 0.2) is 22.7 Å². The van der Waals surface area contributed by atoms with Gasteiger partial charge in [0.15, 0.2) is 0 Å². The number of hydrogen-bond acceptors (Lipinski definition) is 2. The lowest BCUT2D eigenvalue weighted by atomic mass is 10.1. The van der Waals surface area contributed by atoms with Gasteiger partial charge < -0.3 is 10.1 Å². The summed E-state index contributed by atoms with van der Waals surface area (Å²) in [4.78, 5) is 0. The fourth-order valence-corrected chi connectivity index (χ4v) is 2.32. The Hall–Kier alpha value is -0.540. The Balaban J connectivity index is 2.64. The van der Waals surface area contributed by atoms with Crippen LogP contribution in [-0.2, 0) is 6.54 Å². The lowest BCUT2D eigenvalue weighted by Gasteiger charge is -2.21. The van der Waals surface area contributed by atoms with E-state index in [1.807, 2.05) is 0 Å². The Morgan fingerprint density at radius 1 is 1.32 bits per heavy atom. The van der Waals surface area contributed by atoms with Crippen LogP contribution >= 0.6 is 15.9 Å². The average molecular weight is 328 g/mol. The SMILES string of the molecule is CCCC(C)Oc1ccc(CNC(C)(C)C)cc1Br. The van der Waals surface area contributed by atoms with Crippen LogP contribution in [0.2, 0.25) is 0 Å². The second-order valence-electron chi connectivity index (χ2n) is 6.09. The Bertz CT molecular complexity index is 398. The van der Waals surface area contributed by atoms with Crippen molar-refractivity contribution in [3.05, 3.63) is 28.2 Å². The topological polar surface area (TPSA) is 21.3 Å². The maximum atomic E-state index is 5.92. The highest BCUT2D eigenvalue weighted by molar-refractivity contribution is 9.10. The minimum atomic E-state index is 0.136. The van der Waals surface area contributed by atoms with E-state index in [1.54, 1.807) is 0 Å². The molecule has 1 aromatic carbocycles. The molecular weight excluding hydrogens is 302 g/mol. The van der Waals surface area contributed by atoms with Crippen molar-refractivity contribution in [3.63, 3.8) is 0 Å². The van der Waals surface area contributed by atoms with Crippen molar-refractivity contribution >= 4 is 15.9 Å². The minimum absolute atomic E-state index is 0.136. The molecule has 1 unspecified atom stereocenters. The lowest BCUT2D eigenvalue weighted by Crippen LogP contribution is -2.35. The minimum Gasteiger partial charge on any atom is -0.490 e. The molecule has 1 N–H and O–H groups in total. The van der Waals surface area contributed by atoms with E-state index in [4.69, 9.17) is 4.74 Å². The van der Waals surface area contributed by atoms with Gasteiger partial charge >= 0.3 is 0 Å². The molecule has 0 aliphatic carbocycles. The van der Waals surface area contributed by atoms with E-state index in [0.29, 0.717) is 0 Å². The van der Waals surface area contributed by atoms with Gasteiger partial charge in [-0.05, 0) is 67.7 Å². The predicted molar refractivity (Wildman–Crippen MR) is 85.7 cm³/mol. The van der Waals surface area contributed by atoms with Crippen molar-refractivity contribution < 1.29 is 4.74 Å². The van der Waals surface area contributed by atoms with Gasteiger partial charge in [-0.3, -0.25) is 0 Å². The number of hydrogen-bond donors (Lipinski definition) is 1. The van der Waals surface area contributed by atoms with E-state index in [0.717, 1.165) is 29.6 Å². The first-order chi connectivity index (χ1) is 8.81. The van der Waals surface area contributed by atoms with E-state index in [9.17, 15) is 0 Å². The molecule has 0 aromatic heterocycles. The molecule has 0 spiro atoms. The summed E-state index contributed by atoms with van der Waals surface area (Å²) in [5.41, 5.74) is 1.40. The van der Waals surface area contributed by atoms with Crippen LogP contribution in [0.3, 0.4) is 0 Å². The summed E-state index contributed by atoms with van der Waals surface area (Å²) in [6.07, 6.45) is 2.49. The molecule has 0 saturated heterocycles. The molecule has 0 radical (unpaired) electrons. The first-order valence-electron chi connectivity index (χ1n) is 7.02. The van der Waals surface area contributed by atoms with Crippen molar-refractivity contribution in [1.82, 2.24) is 5.32 Å². The van der Waals surface area contributed by atoms with E-state index < -0.39 is 0 Å². The van der Waals surface area contributed by atoms with Crippen molar-refractivity contribution in [2.24, 2.45) is 0 Å². The Morgan fingerprint density at radius 2 is 2.00 bits per heavy atom. The first-order valence-corrected chi connectivity index (χ1v) is 7.81. The zero-order valence-electron chi connectivity index (χ0n) is 12.7. The molecule has 0 saturated carbocycles. The largest absolute Gasteiger partial charge is 0.490 e. The van der Waals surface area contributed by atoms with Crippen LogP contribution < -0.4 is 10.1 Å². The van der Waals surface area contributed by atoms with Gasteiger partial charge in [0.05, 0.1) is 10.6 Å². The van der Waals surface area contributed by atoms with Gasteiger partial charge in [-0.15, -0.1) is 0 Å². The maximum Gasteiger partial charge on any atom is 0.133 e. The normalized spacial score (nSPS) is 13.4. The molecule has 3 heteroatoms. The fraction of sp³-hybridized carbons (Fsp3) is 0.625. The van der Waals surface area contributed by atoms with Gasteiger partial charge in [0.25, 0.3) is 0 Å². The van der Waals surface area contributed by atoms with Gasteiger partial charge in [0.2, 0.25) is 0 Å². The third-order valence-corrected chi connectivity index (χ3v) is 3.46. The smallest absolute Gasteiger partial charge is 0.133 e. The Kier molecular flexibility index (Phi) is 6.34. The third-order valence-electron chi connectivity index (χ3n) is 2.84. The maximum absolute atomic E-state index is 5.92. The number of nitrogens with one attached hydrogen (secondary N) is 1. The molecular formula is C16H26BrNO. The lowest BCUT2D eigenvalue weighted by molar-refractivity contribution is 0.208. The molecule has 1 aromatic rings. The number of ether oxygens (including phenoxy) is 1. The predicted octanol–water partition coefficient (Wildman–Crippen LogP) is 4.90. The van der Waals surface area contributed by atoms with E-state index in [-0.39, 0.29) is 11.6 Å². The molecule has 1 rings (SSSR count). The summed E-state index contributed by atoms with van der Waals surface area (Å²) in [7, 11) is 0. The monoisotopic (exact) mass is 327 g/mol. The molecule has 108 valence electrons. The molecule has 0 aliphatic heterocycles. The van der Waals surface area contributed by atoms with Crippen LogP contribution in [0.1, 0.15) is 53.0 Å². The van der Waals surface area contributed by atoms with Gasteiger partial charge in [-0.25, -0.2) is 0 Å². The molecule has 0 fully saturated rings. The number of benzene rings is 1. The highest BCUT2D eigenvalue weighted by Gasteiger charge is 2.10. The van der Waals surface area contributed by atoms with Crippen LogP contribution in [0.5, 0.6) is 5.75 Å². The molecule has 0 bridgehead atoms. The number of halogens is 1. The van der Waals surface area contributed by atoms with E-state index >= 15 is 0 Å². The summed E-state index contributed by atoms with van der Waals surface area (Å²) in [6.45, 7) is 11.7. The van der Waals surface area contributed by atoms with Crippen molar-refractivity contribution in [3.8, 4) is 5.75 Å².